The number of methoxy groups -OCH3 is 1. The molecule has 0 bridgehead atoms. The molecular weight excluding hydrogens is 280 g/mol. The molecule has 94 valence electrons. The van der Waals surface area contributed by atoms with Gasteiger partial charge in [-0.3, -0.25) is 0 Å². The molecule has 0 spiro atoms. The second-order valence-electron chi connectivity index (χ2n) is 5.54. The van der Waals surface area contributed by atoms with Gasteiger partial charge >= 0.3 is 0 Å². The highest BCUT2D eigenvalue weighted by molar-refractivity contribution is 9.10. The molecule has 2 unspecified atom stereocenters. The maximum atomic E-state index is 10.1. The van der Waals surface area contributed by atoms with Crippen LogP contribution in [-0.2, 0) is 6.42 Å². The molecule has 1 saturated carbocycles. The SMILES string of the molecule is COc1ccc(CC(O)C2CC2(C)C)cc1Br. The summed E-state index contributed by atoms with van der Waals surface area (Å²) in [7, 11) is 1.65. The van der Waals surface area contributed by atoms with Crippen molar-refractivity contribution < 1.29 is 9.84 Å². The molecular formula is C14H19BrO2. The van der Waals surface area contributed by atoms with Gasteiger partial charge in [0.25, 0.3) is 0 Å². The molecule has 1 aromatic carbocycles. The van der Waals surface area contributed by atoms with Gasteiger partial charge < -0.3 is 9.84 Å². The van der Waals surface area contributed by atoms with E-state index in [0.29, 0.717) is 11.3 Å². The number of ether oxygens (including phenoxy) is 1. The summed E-state index contributed by atoms with van der Waals surface area (Å²) < 4.78 is 6.13. The number of hydrogen-bond acceptors (Lipinski definition) is 2. The third-order valence-corrected chi connectivity index (χ3v) is 4.33. The van der Waals surface area contributed by atoms with Crippen LogP contribution in [0, 0.1) is 11.3 Å². The van der Waals surface area contributed by atoms with Gasteiger partial charge in [0, 0.05) is 0 Å². The van der Waals surface area contributed by atoms with Gasteiger partial charge in [-0.15, -0.1) is 0 Å². The Kier molecular flexibility index (Phi) is 3.50. The van der Waals surface area contributed by atoms with Gasteiger partial charge in [-0.05, 0) is 57.8 Å². The number of halogens is 1. The molecule has 0 saturated heterocycles. The second-order valence-corrected chi connectivity index (χ2v) is 6.39. The largest absolute Gasteiger partial charge is 0.496 e. The predicted octanol–water partition coefficient (Wildman–Crippen LogP) is 3.41. The predicted molar refractivity (Wildman–Crippen MR) is 72.3 cm³/mol. The lowest BCUT2D eigenvalue weighted by molar-refractivity contribution is 0.137. The van der Waals surface area contributed by atoms with E-state index < -0.39 is 0 Å². The van der Waals surface area contributed by atoms with Crippen molar-refractivity contribution >= 4 is 15.9 Å². The average Bonchev–Trinajstić information content (AvgIpc) is 2.88. The van der Waals surface area contributed by atoms with Crippen LogP contribution < -0.4 is 4.74 Å². The Bertz CT molecular complexity index is 415. The van der Waals surface area contributed by atoms with Gasteiger partial charge in [0.2, 0.25) is 0 Å². The minimum absolute atomic E-state index is 0.231. The molecule has 3 heteroatoms. The Balaban J connectivity index is 2.02. The fourth-order valence-corrected chi connectivity index (χ4v) is 2.97. The summed E-state index contributed by atoms with van der Waals surface area (Å²) in [4.78, 5) is 0. The fourth-order valence-electron chi connectivity index (χ4n) is 2.39. The Morgan fingerprint density at radius 1 is 1.53 bits per heavy atom. The Morgan fingerprint density at radius 2 is 2.18 bits per heavy atom. The monoisotopic (exact) mass is 298 g/mol. The molecule has 0 radical (unpaired) electrons. The molecule has 0 aromatic heterocycles. The summed E-state index contributed by atoms with van der Waals surface area (Å²) in [6.07, 6.45) is 1.62. The van der Waals surface area contributed by atoms with E-state index in [0.717, 1.165) is 28.6 Å². The van der Waals surface area contributed by atoms with Crippen molar-refractivity contribution in [2.75, 3.05) is 7.11 Å². The molecule has 2 atom stereocenters. The smallest absolute Gasteiger partial charge is 0.133 e. The molecule has 1 fully saturated rings. The summed E-state index contributed by atoms with van der Waals surface area (Å²) in [5.41, 5.74) is 1.47. The molecule has 1 aliphatic carbocycles. The zero-order valence-electron chi connectivity index (χ0n) is 10.5. The number of benzene rings is 1. The van der Waals surface area contributed by atoms with Crippen LogP contribution in [0.4, 0.5) is 0 Å². The van der Waals surface area contributed by atoms with E-state index in [4.69, 9.17) is 4.74 Å². The van der Waals surface area contributed by atoms with Crippen molar-refractivity contribution in [3.63, 3.8) is 0 Å². The second kappa shape index (κ2) is 4.62. The zero-order chi connectivity index (χ0) is 12.6. The summed E-state index contributed by atoms with van der Waals surface area (Å²) in [5.74, 6) is 1.28. The Morgan fingerprint density at radius 3 is 2.65 bits per heavy atom. The number of aliphatic hydroxyl groups is 1. The molecule has 0 heterocycles. The molecule has 1 N–H and O–H groups in total. The molecule has 1 aliphatic rings. The maximum Gasteiger partial charge on any atom is 0.133 e. The van der Waals surface area contributed by atoms with Gasteiger partial charge in [-0.2, -0.15) is 0 Å². The van der Waals surface area contributed by atoms with Gasteiger partial charge in [0.1, 0.15) is 5.75 Å². The minimum atomic E-state index is -0.231. The van der Waals surface area contributed by atoms with Gasteiger partial charge in [-0.25, -0.2) is 0 Å². The topological polar surface area (TPSA) is 29.5 Å². The molecule has 17 heavy (non-hydrogen) atoms. The average molecular weight is 299 g/mol. The molecule has 0 amide bonds. The van der Waals surface area contributed by atoms with Crippen LogP contribution in [-0.4, -0.2) is 18.3 Å². The lowest BCUT2D eigenvalue weighted by Gasteiger charge is -2.13. The lowest BCUT2D eigenvalue weighted by Crippen LogP contribution is -2.16. The van der Waals surface area contributed by atoms with E-state index >= 15 is 0 Å². The minimum Gasteiger partial charge on any atom is -0.496 e. The summed E-state index contributed by atoms with van der Waals surface area (Å²) in [5, 5.41) is 10.1. The van der Waals surface area contributed by atoms with E-state index in [1.807, 2.05) is 18.2 Å². The van der Waals surface area contributed by atoms with Crippen molar-refractivity contribution in [1.29, 1.82) is 0 Å². The van der Waals surface area contributed by atoms with E-state index in [2.05, 4.69) is 29.8 Å². The first-order chi connectivity index (χ1) is 7.94. The molecule has 2 nitrogen and oxygen atoms in total. The number of aliphatic hydroxyl groups excluding tert-OH is 1. The molecule has 0 aliphatic heterocycles. The van der Waals surface area contributed by atoms with Crippen molar-refractivity contribution in [1.82, 2.24) is 0 Å². The highest BCUT2D eigenvalue weighted by atomic mass is 79.9. The summed E-state index contributed by atoms with van der Waals surface area (Å²) >= 11 is 3.47. The van der Waals surface area contributed by atoms with Crippen LogP contribution in [0.3, 0.4) is 0 Å². The quantitative estimate of drug-likeness (QED) is 0.923. The highest BCUT2D eigenvalue weighted by Gasteiger charge is 2.49. The molecule has 1 aromatic rings. The van der Waals surface area contributed by atoms with Crippen molar-refractivity contribution in [2.24, 2.45) is 11.3 Å². The van der Waals surface area contributed by atoms with E-state index in [1.54, 1.807) is 7.11 Å². The Hall–Kier alpha value is -0.540. The van der Waals surface area contributed by atoms with E-state index in [-0.39, 0.29) is 6.10 Å². The van der Waals surface area contributed by atoms with E-state index in [9.17, 15) is 5.11 Å². The zero-order valence-corrected chi connectivity index (χ0v) is 12.1. The van der Waals surface area contributed by atoms with Crippen LogP contribution >= 0.6 is 15.9 Å². The van der Waals surface area contributed by atoms with Crippen molar-refractivity contribution in [3.8, 4) is 5.75 Å². The highest BCUT2D eigenvalue weighted by Crippen LogP contribution is 2.54. The van der Waals surface area contributed by atoms with Gasteiger partial charge in [-0.1, -0.05) is 19.9 Å². The van der Waals surface area contributed by atoms with E-state index in [1.165, 1.54) is 0 Å². The van der Waals surface area contributed by atoms with Crippen molar-refractivity contribution in [2.45, 2.75) is 32.8 Å². The van der Waals surface area contributed by atoms with Crippen LogP contribution in [0.15, 0.2) is 22.7 Å². The van der Waals surface area contributed by atoms with Crippen LogP contribution in [0.5, 0.6) is 5.75 Å². The fraction of sp³-hybridized carbons (Fsp3) is 0.571. The first kappa shape index (κ1) is 12.9. The normalized spacial score (nSPS) is 23.2. The number of rotatable bonds is 4. The van der Waals surface area contributed by atoms with Gasteiger partial charge in [0.15, 0.2) is 0 Å². The Labute approximate surface area is 111 Å². The summed E-state index contributed by atoms with van der Waals surface area (Å²) in [6.45, 7) is 4.43. The van der Waals surface area contributed by atoms with Crippen LogP contribution in [0.1, 0.15) is 25.8 Å². The van der Waals surface area contributed by atoms with Crippen LogP contribution in [0.25, 0.3) is 0 Å². The van der Waals surface area contributed by atoms with Gasteiger partial charge in [0.05, 0.1) is 17.7 Å². The molecule has 2 rings (SSSR count). The summed E-state index contributed by atoms with van der Waals surface area (Å²) in [6, 6.07) is 5.98. The standard InChI is InChI=1S/C14H19BrO2/c1-14(2)8-10(14)12(16)7-9-4-5-13(17-3)11(15)6-9/h4-6,10,12,16H,7-8H2,1-3H3. The first-order valence-corrected chi connectivity index (χ1v) is 6.74. The number of hydrogen-bond donors (Lipinski definition) is 1. The van der Waals surface area contributed by atoms with Crippen molar-refractivity contribution in [3.05, 3.63) is 28.2 Å². The lowest BCUT2D eigenvalue weighted by atomic mass is 10.00. The maximum absolute atomic E-state index is 10.1. The van der Waals surface area contributed by atoms with Crippen LogP contribution in [0.2, 0.25) is 0 Å². The third-order valence-electron chi connectivity index (χ3n) is 3.72. The first-order valence-electron chi connectivity index (χ1n) is 5.94. The third kappa shape index (κ3) is 2.83.